The van der Waals surface area contributed by atoms with Crippen LogP contribution >= 0.6 is 31.9 Å². The first-order valence-electron chi connectivity index (χ1n) is 8.23. The van der Waals surface area contributed by atoms with E-state index >= 15 is 0 Å². The molecule has 0 saturated carbocycles. The quantitative estimate of drug-likeness (QED) is 0.174. The highest BCUT2D eigenvalue weighted by Crippen LogP contribution is 2.47. The van der Waals surface area contributed by atoms with Crippen molar-refractivity contribution in [1.29, 1.82) is 0 Å². The Morgan fingerprint density at radius 1 is 0.750 bits per heavy atom. The fourth-order valence-corrected chi connectivity index (χ4v) is 6.18. The fourth-order valence-electron chi connectivity index (χ4n) is 2.66. The molecule has 0 amide bonds. The number of halogens is 2. The normalized spacial score (nSPS) is 14.0. The summed E-state index contributed by atoms with van der Waals surface area (Å²) in [5.41, 5.74) is -0.988. The van der Waals surface area contributed by atoms with Gasteiger partial charge >= 0.3 is 0 Å². The predicted octanol–water partition coefficient (Wildman–Crippen LogP) is 3.75. The summed E-state index contributed by atoms with van der Waals surface area (Å²) < 4.78 is 58.5. The van der Waals surface area contributed by atoms with Crippen molar-refractivity contribution < 1.29 is 35.0 Å². The van der Waals surface area contributed by atoms with Crippen LogP contribution in [0.1, 0.15) is 20.8 Å². The number of benzene rings is 2. The third-order valence-electron chi connectivity index (χ3n) is 4.24. The zero-order valence-electron chi connectivity index (χ0n) is 16.2. The van der Waals surface area contributed by atoms with Crippen LogP contribution in [0.5, 0.6) is 0 Å². The van der Waals surface area contributed by atoms with E-state index in [1.54, 1.807) is 0 Å². The average molecular weight is 618 g/mol. The Kier molecular flexibility index (Phi) is 8.11. The maximum absolute atomic E-state index is 12.4. The molecule has 2 aromatic carbocycles. The zero-order chi connectivity index (χ0) is 24.4. The number of nitro groups is 2. The van der Waals surface area contributed by atoms with Gasteiger partial charge in [0.2, 0.25) is 0 Å². The Hall–Kier alpha value is -1.98. The lowest BCUT2D eigenvalue weighted by molar-refractivity contribution is -0.385. The molecule has 2 aromatic rings. The molecule has 32 heavy (non-hydrogen) atoms. The third-order valence-corrected chi connectivity index (χ3v) is 9.66. The van der Waals surface area contributed by atoms with Gasteiger partial charge in [-0.1, -0.05) is 31.9 Å². The molecule has 0 aliphatic rings. The van der Waals surface area contributed by atoms with Gasteiger partial charge in [0.1, 0.15) is 9.79 Å². The number of rotatable bonds is 9. The van der Waals surface area contributed by atoms with Crippen molar-refractivity contribution in [2.75, 3.05) is 14.2 Å². The second kappa shape index (κ2) is 9.88. The standard InChI is InChI=1S/C16H14Br2N2O10S2/c1-29-31(25,26)13-7-9(19(21)22)3-5-11(13)15(17)16(18)12-6-4-10(20(23)24)8-14(12)32(27,28)30-2/h3-8,15-16H,1-2H3. The van der Waals surface area contributed by atoms with Crippen LogP contribution in [0, 0.1) is 20.2 Å². The van der Waals surface area contributed by atoms with Gasteiger partial charge in [0.15, 0.2) is 0 Å². The van der Waals surface area contributed by atoms with Gasteiger partial charge in [-0.05, 0) is 23.3 Å². The Balaban J connectivity index is 2.71. The van der Waals surface area contributed by atoms with E-state index in [1.165, 1.54) is 12.1 Å². The molecular formula is C16H14Br2N2O10S2. The molecule has 2 rings (SSSR count). The van der Waals surface area contributed by atoms with Crippen LogP contribution in [0.2, 0.25) is 0 Å². The minimum absolute atomic E-state index is 0.0124. The van der Waals surface area contributed by atoms with Gasteiger partial charge in [0.25, 0.3) is 31.6 Å². The van der Waals surface area contributed by atoms with Crippen molar-refractivity contribution in [3.63, 3.8) is 0 Å². The Morgan fingerprint density at radius 2 is 1.06 bits per heavy atom. The third kappa shape index (κ3) is 5.32. The van der Waals surface area contributed by atoms with E-state index in [0.29, 0.717) is 0 Å². The molecule has 0 aliphatic carbocycles. The molecule has 0 aromatic heterocycles. The molecule has 0 spiro atoms. The monoisotopic (exact) mass is 616 g/mol. The van der Waals surface area contributed by atoms with Gasteiger partial charge in [0, 0.05) is 24.3 Å². The van der Waals surface area contributed by atoms with Gasteiger partial charge in [0.05, 0.1) is 33.7 Å². The summed E-state index contributed by atoms with van der Waals surface area (Å²) >= 11 is 6.57. The van der Waals surface area contributed by atoms with E-state index in [9.17, 15) is 37.1 Å². The summed E-state index contributed by atoms with van der Waals surface area (Å²) in [6, 6.07) is 6.11. The molecule has 0 radical (unpaired) electrons. The molecule has 0 N–H and O–H groups in total. The molecule has 174 valence electrons. The molecule has 0 aliphatic heterocycles. The highest BCUT2D eigenvalue weighted by atomic mass is 79.9. The maximum Gasteiger partial charge on any atom is 0.297 e. The number of non-ortho nitro benzene ring substituents is 2. The molecule has 0 fully saturated rings. The van der Waals surface area contributed by atoms with Crippen molar-refractivity contribution in [1.82, 2.24) is 0 Å². The van der Waals surface area contributed by atoms with Crippen molar-refractivity contribution in [3.05, 3.63) is 67.8 Å². The zero-order valence-corrected chi connectivity index (χ0v) is 21.0. The molecule has 0 heterocycles. The van der Waals surface area contributed by atoms with Crippen molar-refractivity contribution in [2.24, 2.45) is 0 Å². The van der Waals surface area contributed by atoms with Gasteiger partial charge in [-0.3, -0.25) is 28.6 Å². The smallest absolute Gasteiger partial charge is 0.270 e. The van der Waals surface area contributed by atoms with Crippen LogP contribution in [-0.4, -0.2) is 40.9 Å². The lowest BCUT2D eigenvalue weighted by Crippen LogP contribution is -2.13. The second-order valence-corrected chi connectivity index (χ2v) is 11.3. The molecule has 0 bridgehead atoms. The SMILES string of the molecule is COS(=O)(=O)c1cc([N+](=O)[O-])ccc1C(Br)C(Br)c1ccc([N+](=O)[O-])cc1S(=O)(=O)OC. The first-order valence-corrected chi connectivity index (χ1v) is 12.9. The van der Waals surface area contributed by atoms with Crippen molar-refractivity contribution in [2.45, 2.75) is 19.4 Å². The van der Waals surface area contributed by atoms with E-state index < -0.39 is 60.9 Å². The fraction of sp³-hybridized carbons (Fsp3) is 0.250. The maximum atomic E-state index is 12.4. The van der Waals surface area contributed by atoms with Gasteiger partial charge in [-0.15, -0.1) is 0 Å². The topological polar surface area (TPSA) is 173 Å². The molecule has 2 atom stereocenters. The number of nitrogens with zero attached hydrogens (tertiary/aromatic N) is 2. The number of nitro benzene ring substituents is 2. The highest BCUT2D eigenvalue weighted by Gasteiger charge is 2.33. The summed E-state index contributed by atoms with van der Waals surface area (Å²) in [5, 5.41) is 22.2. The molecule has 2 unspecified atom stereocenters. The van der Waals surface area contributed by atoms with Gasteiger partial charge in [-0.2, -0.15) is 16.8 Å². The molecule has 0 saturated heterocycles. The van der Waals surface area contributed by atoms with Crippen LogP contribution < -0.4 is 0 Å². The predicted molar refractivity (Wildman–Crippen MR) is 118 cm³/mol. The largest absolute Gasteiger partial charge is 0.297 e. The van der Waals surface area contributed by atoms with Gasteiger partial charge < -0.3 is 0 Å². The Labute approximate surface area is 199 Å². The van der Waals surface area contributed by atoms with E-state index in [-0.39, 0.29) is 11.1 Å². The van der Waals surface area contributed by atoms with Crippen molar-refractivity contribution >= 4 is 63.5 Å². The number of hydrogen-bond acceptors (Lipinski definition) is 10. The first-order chi connectivity index (χ1) is 14.8. The van der Waals surface area contributed by atoms with Crippen molar-refractivity contribution in [3.8, 4) is 0 Å². The van der Waals surface area contributed by atoms with Crippen LogP contribution in [0.3, 0.4) is 0 Å². The Morgan fingerprint density at radius 3 is 1.31 bits per heavy atom. The lowest BCUT2D eigenvalue weighted by atomic mass is 10.0. The summed E-state index contributed by atoms with van der Waals surface area (Å²) in [6.07, 6.45) is 0. The highest BCUT2D eigenvalue weighted by molar-refractivity contribution is 9.12. The van der Waals surface area contributed by atoms with Crippen LogP contribution in [0.4, 0.5) is 11.4 Å². The minimum Gasteiger partial charge on any atom is -0.270 e. The molecule has 16 heteroatoms. The second-order valence-electron chi connectivity index (χ2n) is 6.00. The van der Waals surface area contributed by atoms with Crippen LogP contribution in [0.15, 0.2) is 46.2 Å². The van der Waals surface area contributed by atoms with E-state index in [4.69, 9.17) is 0 Å². The average Bonchev–Trinajstić information content (AvgIpc) is 2.77. The summed E-state index contributed by atoms with van der Waals surface area (Å²) in [6.45, 7) is 0. The van der Waals surface area contributed by atoms with Crippen LogP contribution in [0.25, 0.3) is 0 Å². The van der Waals surface area contributed by atoms with E-state index in [2.05, 4.69) is 40.2 Å². The molecular weight excluding hydrogens is 604 g/mol. The molecule has 12 nitrogen and oxygen atoms in total. The number of alkyl halides is 2. The lowest BCUT2D eigenvalue weighted by Gasteiger charge is -2.22. The first kappa shape index (κ1) is 26.3. The van der Waals surface area contributed by atoms with Gasteiger partial charge in [-0.25, -0.2) is 0 Å². The Bertz CT molecular complexity index is 1180. The summed E-state index contributed by atoms with van der Waals surface area (Å²) in [4.78, 5) is 17.6. The number of hydrogen-bond donors (Lipinski definition) is 0. The minimum atomic E-state index is -4.39. The summed E-state index contributed by atoms with van der Waals surface area (Å²) in [5.74, 6) is 0. The summed E-state index contributed by atoms with van der Waals surface area (Å²) in [7, 11) is -7.03. The van der Waals surface area contributed by atoms with E-state index in [0.717, 1.165) is 38.5 Å². The van der Waals surface area contributed by atoms with E-state index in [1.807, 2.05) is 0 Å². The van der Waals surface area contributed by atoms with Crippen LogP contribution in [-0.2, 0) is 28.6 Å².